The maximum absolute atomic E-state index is 12.5. The van der Waals surface area contributed by atoms with E-state index in [1.807, 2.05) is 36.4 Å². The largest absolute Gasteiger partial charge is 0.497 e. The van der Waals surface area contributed by atoms with Gasteiger partial charge in [0.05, 0.1) is 18.1 Å². The van der Waals surface area contributed by atoms with Crippen molar-refractivity contribution >= 4 is 22.9 Å². The van der Waals surface area contributed by atoms with E-state index in [0.717, 1.165) is 29.8 Å². The second kappa shape index (κ2) is 8.48. The molecule has 0 atom stereocenters. The third kappa shape index (κ3) is 4.02. The molecule has 0 amide bonds. The highest BCUT2D eigenvalue weighted by atomic mass is 16.5. The summed E-state index contributed by atoms with van der Waals surface area (Å²) in [5.74, 6) is 1.44. The van der Waals surface area contributed by atoms with E-state index >= 15 is 0 Å². The monoisotopic (exact) mass is 348 g/mol. The molecular weight excluding hydrogens is 324 g/mol. The third-order valence-electron chi connectivity index (χ3n) is 4.41. The number of ketones is 1. The van der Waals surface area contributed by atoms with Gasteiger partial charge in [0.2, 0.25) is 0 Å². The second-order valence-electron chi connectivity index (χ2n) is 6.25. The van der Waals surface area contributed by atoms with Crippen molar-refractivity contribution in [3.8, 4) is 5.75 Å². The van der Waals surface area contributed by atoms with Crippen LogP contribution in [0.3, 0.4) is 0 Å². The Bertz CT molecular complexity index is 925. The minimum atomic E-state index is -0.0592. The highest BCUT2D eigenvalue weighted by Gasteiger charge is 2.09. The van der Waals surface area contributed by atoms with Gasteiger partial charge in [-0.3, -0.25) is 4.79 Å². The first kappa shape index (κ1) is 17.9. The van der Waals surface area contributed by atoms with Gasteiger partial charge in [-0.1, -0.05) is 44.0 Å². The molecule has 2 aromatic carbocycles. The van der Waals surface area contributed by atoms with E-state index in [1.54, 1.807) is 25.3 Å². The van der Waals surface area contributed by atoms with Crippen LogP contribution in [0.4, 0.5) is 0 Å². The van der Waals surface area contributed by atoms with E-state index in [0.29, 0.717) is 11.3 Å². The number of imidazole rings is 1. The molecule has 0 bridgehead atoms. The highest BCUT2D eigenvalue weighted by Crippen LogP contribution is 2.19. The maximum atomic E-state index is 12.5. The SMILES string of the molecule is CCCCCn1c(/C=C/C(=O)c2cccc(OC)c2)nc2ccccc21. The van der Waals surface area contributed by atoms with Crippen molar-refractivity contribution in [2.45, 2.75) is 32.7 Å². The lowest BCUT2D eigenvalue weighted by atomic mass is 10.1. The van der Waals surface area contributed by atoms with Crippen molar-refractivity contribution in [3.05, 3.63) is 66.0 Å². The van der Waals surface area contributed by atoms with Crippen LogP contribution in [0, 0.1) is 0 Å². The summed E-state index contributed by atoms with van der Waals surface area (Å²) in [6.07, 6.45) is 6.85. The van der Waals surface area contributed by atoms with Crippen LogP contribution in [-0.2, 0) is 6.54 Å². The first-order valence-electron chi connectivity index (χ1n) is 9.04. The van der Waals surface area contributed by atoms with Crippen molar-refractivity contribution < 1.29 is 9.53 Å². The van der Waals surface area contributed by atoms with Crippen LogP contribution >= 0.6 is 0 Å². The fraction of sp³-hybridized carbons (Fsp3) is 0.273. The molecule has 0 aliphatic heterocycles. The summed E-state index contributed by atoms with van der Waals surface area (Å²) in [5.41, 5.74) is 2.67. The summed E-state index contributed by atoms with van der Waals surface area (Å²) in [7, 11) is 1.60. The van der Waals surface area contributed by atoms with Gasteiger partial charge < -0.3 is 9.30 Å². The fourth-order valence-corrected chi connectivity index (χ4v) is 3.00. The Balaban J connectivity index is 1.87. The van der Waals surface area contributed by atoms with Crippen LogP contribution in [0.2, 0.25) is 0 Å². The molecule has 0 saturated carbocycles. The zero-order valence-corrected chi connectivity index (χ0v) is 15.3. The Morgan fingerprint density at radius 3 is 2.81 bits per heavy atom. The average molecular weight is 348 g/mol. The van der Waals surface area contributed by atoms with Gasteiger partial charge in [-0.05, 0) is 42.8 Å². The third-order valence-corrected chi connectivity index (χ3v) is 4.41. The number of allylic oxidation sites excluding steroid dienone is 1. The number of hydrogen-bond acceptors (Lipinski definition) is 3. The van der Waals surface area contributed by atoms with Gasteiger partial charge >= 0.3 is 0 Å². The topological polar surface area (TPSA) is 44.1 Å². The van der Waals surface area contributed by atoms with Crippen molar-refractivity contribution in [2.75, 3.05) is 7.11 Å². The number of fused-ring (bicyclic) bond motifs is 1. The molecule has 26 heavy (non-hydrogen) atoms. The van der Waals surface area contributed by atoms with Gasteiger partial charge in [-0.2, -0.15) is 0 Å². The second-order valence-corrected chi connectivity index (χ2v) is 6.25. The zero-order valence-electron chi connectivity index (χ0n) is 15.3. The van der Waals surface area contributed by atoms with E-state index < -0.39 is 0 Å². The molecule has 0 aliphatic carbocycles. The molecule has 0 fully saturated rings. The summed E-state index contributed by atoms with van der Waals surface area (Å²) >= 11 is 0. The van der Waals surface area contributed by atoms with E-state index in [9.17, 15) is 4.79 Å². The first-order valence-corrected chi connectivity index (χ1v) is 9.04. The molecule has 3 rings (SSSR count). The molecule has 1 heterocycles. The minimum Gasteiger partial charge on any atom is -0.497 e. The minimum absolute atomic E-state index is 0.0592. The van der Waals surface area contributed by atoms with Crippen LogP contribution in [-0.4, -0.2) is 22.4 Å². The molecule has 134 valence electrons. The number of methoxy groups -OCH3 is 1. The zero-order chi connectivity index (χ0) is 18.4. The molecule has 0 spiro atoms. The molecule has 3 aromatic rings. The quantitative estimate of drug-likeness (QED) is 0.322. The molecular formula is C22H24N2O2. The summed E-state index contributed by atoms with van der Waals surface area (Å²) in [4.78, 5) is 17.2. The lowest BCUT2D eigenvalue weighted by Crippen LogP contribution is -2.01. The Labute approximate surface area is 154 Å². The van der Waals surface area contributed by atoms with Gasteiger partial charge in [-0.25, -0.2) is 4.98 Å². The molecule has 0 unspecified atom stereocenters. The summed E-state index contributed by atoms with van der Waals surface area (Å²) < 4.78 is 7.38. The molecule has 0 radical (unpaired) electrons. The Kier molecular flexibility index (Phi) is 5.84. The summed E-state index contributed by atoms with van der Waals surface area (Å²) in [6.45, 7) is 3.10. The predicted octanol–water partition coefficient (Wildman–Crippen LogP) is 5.13. The van der Waals surface area contributed by atoms with E-state index in [-0.39, 0.29) is 5.78 Å². The Morgan fingerprint density at radius 2 is 2.00 bits per heavy atom. The van der Waals surface area contributed by atoms with Crippen molar-refractivity contribution in [2.24, 2.45) is 0 Å². The number of rotatable bonds is 8. The Morgan fingerprint density at radius 1 is 1.15 bits per heavy atom. The number of benzene rings is 2. The van der Waals surface area contributed by atoms with Gasteiger partial charge in [-0.15, -0.1) is 0 Å². The standard InChI is InChI=1S/C22H24N2O2/c1-3-4-7-15-24-20-12-6-5-11-19(20)23-22(24)14-13-21(25)17-9-8-10-18(16-17)26-2/h5-6,8-14,16H,3-4,7,15H2,1-2H3/b14-13+. The summed E-state index contributed by atoms with van der Waals surface area (Å²) in [5, 5.41) is 0. The highest BCUT2D eigenvalue weighted by molar-refractivity contribution is 6.07. The smallest absolute Gasteiger partial charge is 0.186 e. The number of hydrogen-bond donors (Lipinski definition) is 0. The van der Waals surface area contributed by atoms with Crippen molar-refractivity contribution in [3.63, 3.8) is 0 Å². The number of para-hydroxylation sites is 2. The number of carbonyl (C=O) groups is 1. The number of aromatic nitrogens is 2. The van der Waals surface area contributed by atoms with Gasteiger partial charge in [0.1, 0.15) is 11.6 Å². The van der Waals surface area contributed by atoms with E-state index in [1.165, 1.54) is 12.8 Å². The first-order chi connectivity index (χ1) is 12.7. The van der Waals surface area contributed by atoms with Crippen LogP contribution in [0.15, 0.2) is 54.6 Å². The van der Waals surface area contributed by atoms with Gasteiger partial charge in [0.15, 0.2) is 5.78 Å². The van der Waals surface area contributed by atoms with Gasteiger partial charge in [0, 0.05) is 12.1 Å². The molecule has 1 aromatic heterocycles. The normalized spacial score (nSPS) is 11.3. The predicted molar refractivity (Wildman–Crippen MR) is 106 cm³/mol. The van der Waals surface area contributed by atoms with E-state index in [2.05, 4.69) is 17.6 Å². The molecule has 4 nitrogen and oxygen atoms in total. The molecule has 0 N–H and O–H groups in total. The number of aryl methyl sites for hydroxylation is 1. The number of carbonyl (C=O) groups excluding carboxylic acids is 1. The van der Waals surface area contributed by atoms with Crippen LogP contribution in [0.1, 0.15) is 42.4 Å². The summed E-state index contributed by atoms with van der Waals surface area (Å²) in [6, 6.07) is 15.3. The number of ether oxygens (including phenoxy) is 1. The van der Waals surface area contributed by atoms with Crippen molar-refractivity contribution in [1.29, 1.82) is 0 Å². The van der Waals surface area contributed by atoms with Gasteiger partial charge in [0.25, 0.3) is 0 Å². The maximum Gasteiger partial charge on any atom is 0.186 e. The fourth-order valence-electron chi connectivity index (χ4n) is 3.00. The van der Waals surface area contributed by atoms with Crippen molar-refractivity contribution in [1.82, 2.24) is 9.55 Å². The molecule has 0 saturated heterocycles. The van der Waals surface area contributed by atoms with Crippen LogP contribution in [0.25, 0.3) is 17.1 Å². The van der Waals surface area contributed by atoms with Crippen LogP contribution in [0.5, 0.6) is 5.75 Å². The Hall–Kier alpha value is -2.88. The number of unbranched alkanes of at least 4 members (excludes halogenated alkanes) is 2. The number of nitrogens with zero attached hydrogens (tertiary/aromatic N) is 2. The molecule has 4 heteroatoms. The lowest BCUT2D eigenvalue weighted by molar-refractivity contribution is 0.104. The lowest BCUT2D eigenvalue weighted by Gasteiger charge is -2.06. The van der Waals surface area contributed by atoms with E-state index in [4.69, 9.17) is 9.72 Å². The average Bonchev–Trinajstić information content (AvgIpc) is 3.04. The molecule has 0 aliphatic rings. The van der Waals surface area contributed by atoms with Crippen LogP contribution < -0.4 is 4.74 Å².